The number of amides is 1. The third-order valence-electron chi connectivity index (χ3n) is 4.04. The molecule has 0 aliphatic carbocycles. The average molecular weight is 543 g/mol. The van der Waals surface area contributed by atoms with Gasteiger partial charge < -0.3 is 15.3 Å². The highest BCUT2D eigenvalue weighted by Gasteiger charge is 2.08. The van der Waals surface area contributed by atoms with E-state index in [-0.39, 0.29) is 20.0 Å². The van der Waals surface area contributed by atoms with Gasteiger partial charge in [0.05, 0.1) is 24.5 Å². The van der Waals surface area contributed by atoms with Crippen LogP contribution >= 0.6 is 41.9 Å². The van der Waals surface area contributed by atoms with Crippen LogP contribution in [-0.2, 0) is 9.59 Å². The maximum Gasteiger partial charge on any atom is 0.323 e. The second kappa shape index (κ2) is 10.6. The maximum absolute atomic E-state index is 11.0. The average Bonchev–Trinajstić information content (AvgIpc) is 3.09. The molecule has 1 amide bonds. The van der Waals surface area contributed by atoms with E-state index in [2.05, 4.69) is 37.4 Å². The van der Waals surface area contributed by atoms with Crippen LogP contribution in [0.25, 0.3) is 17.1 Å². The van der Waals surface area contributed by atoms with Crippen molar-refractivity contribution in [1.29, 1.82) is 0 Å². The lowest BCUT2D eigenvalue weighted by Gasteiger charge is -2.13. The number of carboxylic acids is 1. The number of carboxylic acid groups (broad SMARTS) is 1. The van der Waals surface area contributed by atoms with Crippen molar-refractivity contribution in [3.63, 3.8) is 0 Å². The fraction of sp³-hybridized carbons (Fsp3) is 0.111. The summed E-state index contributed by atoms with van der Waals surface area (Å²) in [4.78, 5) is 27.3. The summed E-state index contributed by atoms with van der Waals surface area (Å²) < 4.78 is 1.85. The predicted molar refractivity (Wildman–Crippen MR) is 130 cm³/mol. The number of hydrogen-bond acceptors (Lipinski definition) is 5. The van der Waals surface area contributed by atoms with Gasteiger partial charge >= 0.3 is 5.97 Å². The van der Waals surface area contributed by atoms with E-state index in [9.17, 15) is 9.59 Å². The zero-order valence-corrected chi connectivity index (χ0v) is 19.5. The zero-order chi connectivity index (χ0) is 20.1. The number of halogens is 1. The van der Waals surface area contributed by atoms with E-state index in [0.717, 1.165) is 38.4 Å². The lowest BCUT2D eigenvalue weighted by atomic mass is 10.1. The molecule has 0 aliphatic heterocycles. The highest BCUT2D eigenvalue weighted by Crippen LogP contribution is 2.29. The summed E-state index contributed by atoms with van der Waals surface area (Å²) in [6.45, 7) is 1.57. The third kappa shape index (κ3) is 5.68. The molecule has 1 atom stereocenters. The van der Waals surface area contributed by atoms with E-state index in [1.807, 2.05) is 35.6 Å². The zero-order valence-electron chi connectivity index (χ0n) is 15.3. The van der Waals surface area contributed by atoms with Gasteiger partial charge in [0.25, 0.3) is 0 Å². The van der Waals surface area contributed by atoms with Gasteiger partial charge in [-0.3, -0.25) is 9.59 Å². The van der Waals surface area contributed by atoms with Crippen molar-refractivity contribution < 1.29 is 14.7 Å². The molecule has 1 aromatic carbocycles. The van der Waals surface area contributed by atoms with Gasteiger partial charge in [-0.15, -0.1) is 0 Å². The Morgan fingerprint density at radius 2 is 2.21 bits per heavy atom. The van der Waals surface area contributed by atoms with Crippen molar-refractivity contribution in [2.75, 3.05) is 11.9 Å². The van der Waals surface area contributed by atoms with E-state index in [0.29, 0.717) is 12.8 Å². The summed E-state index contributed by atoms with van der Waals surface area (Å²) in [6.07, 6.45) is 7.70. The van der Waals surface area contributed by atoms with Gasteiger partial charge in [-0.2, -0.15) is 18.6 Å². The highest BCUT2D eigenvalue weighted by atomic mass is 127. The minimum atomic E-state index is -1.07. The fourth-order valence-electron chi connectivity index (χ4n) is 2.63. The molecule has 2 aromatic heterocycles. The summed E-state index contributed by atoms with van der Waals surface area (Å²) in [7, 11) is 0. The number of aromatic nitrogens is 3. The molecule has 0 radical (unpaired) electrons. The van der Waals surface area contributed by atoms with Crippen molar-refractivity contribution in [3.8, 4) is 0 Å². The molecule has 1 unspecified atom stereocenters. The first-order valence-electron chi connectivity index (χ1n) is 8.20. The van der Waals surface area contributed by atoms with Gasteiger partial charge in [0.1, 0.15) is 6.54 Å². The van der Waals surface area contributed by atoms with Gasteiger partial charge in [0, 0.05) is 17.3 Å². The molecule has 29 heavy (non-hydrogen) atoms. The summed E-state index contributed by atoms with van der Waals surface area (Å²) in [5, 5.41) is 17.4. The summed E-state index contributed by atoms with van der Waals surface area (Å²) in [6, 6.07) is 7.72. The number of hydrogen-bond donors (Lipinski definition) is 2. The van der Waals surface area contributed by atoms with Crippen LogP contribution in [0.3, 0.4) is 0 Å². The van der Waals surface area contributed by atoms with Crippen LogP contribution in [0.15, 0.2) is 42.9 Å². The Balaban J connectivity index is 0.00000300. The largest absolute Gasteiger partial charge is 0.480 e. The van der Waals surface area contributed by atoms with Crippen LogP contribution in [0.2, 0.25) is 0 Å². The minimum absolute atomic E-state index is 0. The Labute approximate surface area is 189 Å². The lowest BCUT2D eigenvalue weighted by molar-refractivity contribution is -0.139. The normalized spacial score (nSPS) is 11.1. The number of nitrogens with one attached hydrogen (secondary N) is 1. The number of nitrogens with zero attached hydrogens (tertiary/aromatic N) is 4. The molecule has 3 aromatic rings. The number of anilines is 2. The molecule has 0 spiro atoms. The van der Waals surface area contributed by atoms with Crippen LogP contribution in [0.4, 0.5) is 11.4 Å². The molecule has 0 saturated carbocycles. The molecule has 0 saturated heterocycles. The molecule has 2 N–H and O–H groups in total. The van der Waals surface area contributed by atoms with Crippen molar-refractivity contribution in [1.82, 2.24) is 19.4 Å². The van der Waals surface area contributed by atoms with Crippen molar-refractivity contribution in [2.24, 2.45) is 0 Å². The van der Waals surface area contributed by atoms with Gasteiger partial charge in [0.15, 0.2) is 5.65 Å². The molecule has 2 heterocycles. The first kappa shape index (κ1) is 23.1. The van der Waals surface area contributed by atoms with E-state index in [1.165, 1.54) is 6.20 Å². The minimum Gasteiger partial charge on any atom is -0.480 e. The van der Waals surface area contributed by atoms with Crippen molar-refractivity contribution >= 4 is 82.8 Å². The number of fused-ring (bicyclic) bond motifs is 1. The molecule has 0 aliphatic rings. The predicted octanol–water partition coefficient (Wildman–Crippen LogP) is 3.90. The third-order valence-corrected chi connectivity index (χ3v) is 5.90. The Kier molecular flexibility index (Phi) is 8.42. The number of pyridine rings is 1. The van der Waals surface area contributed by atoms with Gasteiger partial charge in [0.2, 0.25) is 6.41 Å². The first-order chi connectivity index (χ1) is 13.5. The van der Waals surface area contributed by atoms with E-state index in [1.54, 1.807) is 18.5 Å². The second-order valence-corrected chi connectivity index (χ2v) is 7.95. The van der Waals surface area contributed by atoms with E-state index < -0.39 is 5.97 Å². The molecule has 152 valence electrons. The van der Waals surface area contributed by atoms with E-state index in [4.69, 9.17) is 5.11 Å². The maximum atomic E-state index is 11.0. The molecule has 11 heteroatoms. The number of carbonyl (C=O) groups excluding carboxylic acids is 1. The fourth-order valence-corrected chi connectivity index (χ4v) is 4.06. The van der Waals surface area contributed by atoms with Gasteiger partial charge in [-0.25, -0.2) is 9.44 Å². The molecular formula is C18H19IN5O3PS. The molecular weight excluding hydrogens is 524 g/mol. The van der Waals surface area contributed by atoms with Crippen molar-refractivity contribution in [2.45, 2.75) is 6.92 Å². The summed E-state index contributed by atoms with van der Waals surface area (Å²) in [5.74, 6) is -1.07. The quantitative estimate of drug-likeness (QED) is 0.254. The van der Waals surface area contributed by atoms with Crippen LogP contribution in [-0.4, -0.2) is 43.5 Å². The Bertz CT molecular complexity index is 1060. The van der Waals surface area contributed by atoms with Crippen LogP contribution in [0.5, 0.6) is 0 Å². The smallest absolute Gasteiger partial charge is 0.323 e. The second-order valence-electron chi connectivity index (χ2n) is 5.91. The number of benzene rings is 1. The molecule has 3 rings (SSSR count). The molecule has 0 fully saturated rings. The van der Waals surface area contributed by atoms with Crippen LogP contribution in [0, 0.1) is 6.92 Å². The van der Waals surface area contributed by atoms with Crippen LogP contribution in [0.1, 0.15) is 11.1 Å². The Hall–Kier alpha value is -2.17. The van der Waals surface area contributed by atoms with Gasteiger partial charge in [-0.05, 0) is 58.3 Å². The Morgan fingerprint density at radius 1 is 1.41 bits per heavy atom. The van der Waals surface area contributed by atoms with E-state index >= 15 is 0 Å². The number of aliphatic carboxylic acids is 1. The Morgan fingerprint density at radius 3 is 2.90 bits per heavy atom. The number of rotatable bonds is 8. The monoisotopic (exact) mass is 543 g/mol. The summed E-state index contributed by atoms with van der Waals surface area (Å²) in [5.41, 5.74) is 4.41. The van der Waals surface area contributed by atoms with Gasteiger partial charge in [-0.1, -0.05) is 12.1 Å². The molecule has 0 bridgehead atoms. The van der Waals surface area contributed by atoms with Crippen LogP contribution < -0.4 is 5.32 Å². The highest BCUT2D eigenvalue weighted by molar-refractivity contribution is 14.2. The lowest BCUT2D eigenvalue weighted by Crippen LogP contribution is -2.22. The summed E-state index contributed by atoms with van der Waals surface area (Å²) >= 11 is 2.26. The molecule has 8 nitrogen and oxygen atoms in total. The topological polar surface area (TPSA) is 100 Å². The standard InChI is InChI=1S/C18H17IN5O3P.H2S/c1-12-13(5-6-23(11-25)10-17(26)27)3-2-4-16(12)22-15-7-14-8-21-24(28-19)18(14)20-9-15;/h2-9,11,22,28H,10H2,1H3,(H,26,27);1H2/b6-5-;. The number of carbonyl (C=O) groups is 2. The first-order valence-corrected chi connectivity index (χ1v) is 12.3. The SMILES string of the molecule is Cc1c(/C=C\N(C=O)CC(=O)O)cccc1Nc1cnc2c(cnn2PI)c1.S. The van der Waals surface area contributed by atoms with Crippen molar-refractivity contribution in [3.05, 3.63) is 54.0 Å².